The SMILES string of the molecule is CC(N)C(=O)N(Cc1ccco1)C(C)C. The summed E-state index contributed by atoms with van der Waals surface area (Å²) in [5.74, 6) is 0.721. The van der Waals surface area contributed by atoms with Crippen molar-refractivity contribution in [2.24, 2.45) is 5.73 Å². The Hall–Kier alpha value is -1.29. The molecule has 1 atom stereocenters. The average Bonchev–Trinajstić information content (AvgIpc) is 2.64. The molecule has 15 heavy (non-hydrogen) atoms. The van der Waals surface area contributed by atoms with Gasteiger partial charge in [0.1, 0.15) is 5.76 Å². The molecule has 0 bridgehead atoms. The quantitative estimate of drug-likeness (QED) is 0.816. The predicted molar refractivity (Wildman–Crippen MR) is 58.0 cm³/mol. The Morgan fingerprint density at radius 2 is 2.20 bits per heavy atom. The van der Waals surface area contributed by atoms with Gasteiger partial charge in [0.2, 0.25) is 5.91 Å². The van der Waals surface area contributed by atoms with Crippen molar-refractivity contribution in [3.63, 3.8) is 0 Å². The van der Waals surface area contributed by atoms with Crippen LogP contribution >= 0.6 is 0 Å². The van der Waals surface area contributed by atoms with Crippen LogP contribution in [0.4, 0.5) is 0 Å². The first-order valence-corrected chi connectivity index (χ1v) is 5.10. The third-order valence-corrected chi connectivity index (χ3v) is 2.20. The average molecular weight is 210 g/mol. The molecule has 0 aliphatic carbocycles. The van der Waals surface area contributed by atoms with Crippen molar-refractivity contribution in [1.29, 1.82) is 0 Å². The van der Waals surface area contributed by atoms with E-state index in [0.29, 0.717) is 6.54 Å². The van der Waals surface area contributed by atoms with Crippen LogP contribution in [0.2, 0.25) is 0 Å². The van der Waals surface area contributed by atoms with Gasteiger partial charge in [0, 0.05) is 6.04 Å². The third kappa shape index (κ3) is 3.09. The normalized spacial score (nSPS) is 12.9. The summed E-state index contributed by atoms with van der Waals surface area (Å²) >= 11 is 0. The Balaban J connectivity index is 2.71. The van der Waals surface area contributed by atoms with Gasteiger partial charge in [0.25, 0.3) is 0 Å². The van der Waals surface area contributed by atoms with E-state index < -0.39 is 6.04 Å². The highest BCUT2D eigenvalue weighted by Gasteiger charge is 2.21. The molecule has 4 nitrogen and oxygen atoms in total. The molecule has 1 rings (SSSR count). The molecule has 4 heteroatoms. The molecule has 0 spiro atoms. The maximum Gasteiger partial charge on any atom is 0.239 e. The molecule has 1 unspecified atom stereocenters. The largest absolute Gasteiger partial charge is 0.467 e. The minimum absolute atomic E-state index is 0.0543. The molecule has 0 saturated heterocycles. The van der Waals surface area contributed by atoms with Gasteiger partial charge in [0.15, 0.2) is 0 Å². The molecule has 2 N–H and O–H groups in total. The Morgan fingerprint density at radius 1 is 1.53 bits per heavy atom. The number of amides is 1. The van der Waals surface area contributed by atoms with Crippen LogP contribution < -0.4 is 5.73 Å². The molecule has 84 valence electrons. The zero-order valence-electron chi connectivity index (χ0n) is 9.43. The van der Waals surface area contributed by atoms with E-state index in [0.717, 1.165) is 5.76 Å². The van der Waals surface area contributed by atoms with E-state index in [9.17, 15) is 4.79 Å². The number of hydrogen-bond acceptors (Lipinski definition) is 3. The maximum atomic E-state index is 11.8. The van der Waals surface area contributed by atoms with Crippen LogP contribution in [-0.2, 0) is 11.3 Å². The summed E-state index contributed by atoms with van der Waals surface area (Å²) in [7, 11) is 0. The fourth-order valence-electron chi connectivity index (χ4n) is 1.35. The molecule has 0 aliphatic heterocycles. The second-order valence-corrected chi connectivity index (χ2v) is 3.93. The van der Waals surface area contributed by atoms with Crippen molar-refractivity contribution in [3.05, 3.63) is 24.2 Å². The van der Waals surface area contributed by atoms with Gasteiger partial charge >= 0.3 is 0 Å². The molecule has 1 aromatic rings. The molecule has 1 heterocycles. The van der Waals surface area contributed by atoms with E-state index in [-0.39, 0.29) is 11.9 Å². The Morgan fingerprint density at radius 3 is 2.60 bits per heavy atom. The van der Waals surface area contributed by atoms with Crippen LogP contribution in [0.25, 0.3) is 0 Å². The summed E-state index contributed by atoms with van der Waals surface area (Å²) < 4.78 is 5.21. The zero-order chi connectivity index (χ0) is 11.4. The van der Waals surface area contributed by atoms with Gasteiger partial charge in [-0.05, 0) is 32.9 Å². The summed E-state index contributed by atoms with van der Waals surface area (Å²) in [5.41, 5.74) is 5.58. The van der Waals surface area contributed by atoms with Crippen LogP contribution in [0.3, 0.4) is 0 Å². The second kappa shape index (κ2) is 4.98. The van der Waals surface area contributed by atoms with Gasteiger partial charge < -0.3 is 15.1 Å². The van der Waals surface area contributed by atoms with Crippen LogP contribution in [0.1, 0.15) is 26.5 Å². The number of carbonyl (C=O) groups excluding carboxylic acids is 1. The van der Waals surface area contributed by atoms with Gasteiger partial charge in [-0.15, -0.1) is 0 Å². The zero-order valence-corrected chi connectivity index (χ0v) is 9.43. The number of nitrogens with zero attached hydrogens (tertiary/aromatic N) is 1. The van der Waals surface area contributed by atoms with Gasteiger partial charge in [-0.1, -0.05) is 0 Å². The highest BCUT2D eigenvalue weighted by Crippen LogP contribution is 2.10. The number of furan rings is 1. The Kier molecular flexibility index (Phi) is 3.91. The van der Waals surface area contributed by atoms with Crippen molar-refractivity contribution in [1.82, 2.24) is 4.90 Å². The minimum atomic E-state index is -0.470. The first-order chi connectivity index (χ1) is 7.02. The second-order valence-electron chi connectivity index (χ2n) is 3.93. The standard InChI is InChI=1S/C11H18N2O2/c1-8(2)13(11(14)9(3)12)7-10-5-4-6-15-10/h4-6,8-9H,7,12H2,1-3H3. The molecule has 0 radical (unpaired) electrons. The van der Waals surface area contributed by atoms with Crippen molar-refractivity contribution < 1.29 is 9.21 Å². The lowest BCUT2D eigenvalue weighted by molar-refractivity contribution is -0.134. The summed E-state index contributed by atoms with van der Waals surface area (Å²) in [6.45, 7) is 6.09. The predicted octanol–water partition coefficient (Wildman–Crippen LogP) is 1.36. The first kappa shape index (κ1) is 11.8. The van der Waals surface area contributed by atoms with Gasteiger partial charge in [-0.3, -0.25) is 4.79 Å². The van der Waals surface area contributed by atoms with E-state index in [1.165, 1.54) is 0 Å². The van der Waals surface area contributed by atoms with Gasteiger partial charge in [0.05, 0.1) is 18.8 Å². The molecular formula is C11H18N2O2. The molecule has 0 aliphatic rings. The molecule has 1 aromatic heterocycles. The topological polar surface area (TPSA) is 59.5 Å². The van der Waals surface area contributed by atoms with Crippen molar-refractivity contribution in [2.45, 2.75) is 39.4 Å². The highest BCUT2D eigenvalue weighted by atomic mass is 16.3. The van der Waals surface area contributed by atoms with Crippen LogP contribution in [0.15, 0.2) is 22.8 Å². The van der Waals surface area contributed by atoms with Crippen molar-refractivity contribution >= 4 is 5.91 Å². The van der Waals surface area contributed by atoms with E-state index >= 15 is 0 Å². The third-order valence-electron chi connectivity index (χ3n) is 2.20. The van der Waals surface area contributed by atoms with E-state index in [2.05, 4.69) is 0 Å². The van der Waals surface area contributed by atoms with Crippen LogP contribution in [0.5, 0.6) is 0 Å². The minimum Gasteiger partial charge on any atom is -0.467 e. The van der Waals surface area contributed by atoms with Crippen molar-refractivity contribution in [3.8, 4) is 0 Å². The summed E-state index contributed by atoms with van der Waals surface area (Å²) in [5, 5.41) is 0. The van der Waals surface area contributed by atoms with Gasteiger partial charge in [-0.2, -0.15) is 0 Å². The van der Waals surface area contributed by atoms with E-state index in [1.54, 1.807) is 18.1 Å². The smallest absolute Gasteiger partial charge is 0.239 e. The highest BCUT2D eigenvalue weighted by molar-refractivity contribution is 5.81. The lowest BCUT2D eigenvalue weighted by Gasteiger charge is -2.27. The summed E-state index contributed by atoms with van der Waals surface area (Å²) in [6.07, 6.45) is 1.60. The fourth-order valence-corrected chi connectivity index (χ4v) is 1.35. The molecule has 0 aromatic carbocycles. The van der Waals surface area contributed by atoms with Crippen LogP contribution in [0, 0.1) is 0 Å². The summed E-state index contributed by atoms with van der Waals surface area (Å²) in [6, 6.07) is 3.31. The number of carbonyl (C=O) groups is 1. The monoisotopic (exact) mass is 210 g/mol. The fraction of sp³-hybridized carbons (Fsp3) is 0.545. The van der Waals surface area contributed by atoms with Crippen LogP contribution in [-0.4, -0.2) is 22.9 Å². The van der Waals surface area contributed by atoms with Gasteiger partial charge in [-0.25, -0.2) is 0 Å². The first-order valence-electron chi connectivity index (χ1n) is 5.10. The lowest BCUT2D eigenvalue weighted by atomic mass is 10.2. The van der Waals surface area contributed by atoms with Crippen molar-refractivity contribution in [2.75, 3.05) is 0 Å². The number of nitrogens with two attached hydrogens (primary N) is 1. The maximum absolute atomic E-state index is 11.8. The molecule has 0 fully saturated rings. The summed E-state index contributed by atoms with van der Waals surface area (Å²) in [4.78, 5) is 13.5. The Bertz CT molecular complexity index is 304. The Labute approximate surface area is 90.0 Å². The molecule has 1 amide bonds. The molecular weight excluding hydrogens is 192 g/mol. The van der Waals surface area contributed by atoms with E-state index in [1.807, 2.05) is 26.0 Å². The lowest BCUT2D eigenvalue weighted by Crippen LogP contribution is -2.45. The number of rotatable bonds is 4. The van der Waals surface area contributed by atoms with E-state index in [4.69, 9.17) is 10.2 Å². The number of hydrogen-bond donors (Lipinski definition) is 1. The molecule has 0 saturated carbocycles.